The summed E-state index contributed by atoms with van der Waals surface area (Å²) in [5.41, 5.74) is -0.221. The van der Waals surface area contributed by atoms with Gasteiger partial charge >= 0.3 is 0 Å². The molecule has 1 rings (SSSR count). The summed E-state index contributed by atoms with van der Waals surface area (Å²) in [5, 5.41) is 11.7. The number of amides is 1. The number of nitrogens with one attached hydrogen (secondary N) is 1. The molecule has 90 valence electrons. The third kappa shape index (κ3) is 3.04. The van der Waals surface area contributed by atoms with Crippen LogP contribution in [0.4, 0.5) is 5.82 Å². The van der Waals surface area contributed by atoms with Crippen molar-refractivity contribution in [1.82, 2.24) is 4.98 Å². The molecule has 1 N–H and O–H groups in total. The van der Waals surface area contributed by atoms with Gasteiger partial charge in [-0.25, -0.2) is 4.98 Å². The minimum atomic E-state index is -1.01. The molecule has 0 radical (unpaired) electrons. The monoisotopic (exact) mass is 295 g/mol. The quantitative estimate of drug-likeness (QED) is 0.932. The van der Waals surface area contributed by atoms with Crippen LogP contribution in [-0.2, 0) is 4.79 Å². The van der Waals surface area contributed by atoms with Crippen molar-refractivity contribution in [2.24, 2.45) is 5.41 Å². The number of hydrogen-bond donors (Lipinski definition) is 1. The highest BCUT2D eigenvalue weighted by Crippen LogP contribution is 2.23. The fraction of sp³-hybridized carbons (Fsp3) is 0.417. The Morgan fingerprint density at radius 2 is 2.29 bits per heavy atom. The summed E-state index contributed by atoms with van der Waals surface area (Å²) < 4.78 is 0.883. The second-order valence-corrected chi connectivity index (χ2v) is 4.87. The van der Waals surface area contributed by atoms with E-state index in [9.17, 15) is 4.79 Å². The first-order chi connectivity index (χ1) is 7.92. The molecular formula is C12H14BrN3O. The molecule has 4 nitrogen and oxygen atoms in total. The zero-order valence-electron chi connectivity index (χ0n) is 10.0. The van der Waals surface area contributed by atoms with Crippen molar-refractivity contribution in [2.45, 2.75) is 27.2 Å². The Kier molecular flexibility index (Phi) is 4.24. The predicted molar refractivity (Wildman–Crippen MR) is 69.3 cm³/mol. The number of anilines is 1. The van der Waals surface area contributed by atoms with Crippen molar-refractivity contribution in [2.75, 3.05) is 5.32 Å². The standard InChI is InChI=1S/C12H14BrN3O/c1-4-12(3,7-14)11(17)16-10-6-5-9(13)8(2)15-10/h5-6H,4H2,1-3H3,(H,15,16,17). The van der Waals surface area contributed by atoms with Gasteiger partial charge in [-0.3, -0.25) is 4.79 Å². The van der Waals surface area contributed by atoms with E-state index in [0.717, 1.165) is 10.2 Å². The SMILES string of the molecule is CCC(C)(C#N)C(=O)Nc1ccc(Br)c(C)n1. The van der Waals surface area contributed by atoms with Crippen LogP contribution in [0.2, 0.25) is 0 Å². The summed E-state index contributed by atoms with van der Waals surface area (Å²) in [6.07, 6.45) is 0.463. The van der Waals surface area contributed by atoms with Gasteiger partial charge in [-0.05, 0) is 48.3 Å². The van der Waals surface area contributed by atoms with Crippen molar-refractivity contribution < 1.29 is 4.79 Å². The van der Waals surface area contributed by atoms with Crippen LogP contribution in [0.15, 0.2) is 16.6 Å². The molecule has 0 aliphatic rings. The summed E-state index contributed by atoms with van der Waals surface area (Å²) in [4.78, 5) is 16.1. The lowest BCUT2D eigenvalue weighted by Crippen LogP contribution is -2.31. The van der Waals surface area contributed by atoms with E-state index in [0.29, 0.717) is 12.2 Å². The highest BCUT2D eigenvalue weighted by Gasteiger charge is 2.31. The van der Waals surface area contributed by atoms with Crippen LogP contribution < -0.4 is 5.32 Å². The fourth-order valence-electron chi connectivity index (χ4n) is 1.16. The van der Waals surface area contributed by atoms with Crippen LogP contribution >= 0.6 is 15.9 Å². The zero-order valence-corrected chi connectivity index (χ0v) is 11.6. The maximum Gasteiger partial charge on any atom is 0.245 e. The molecule has 5 heteroatoms. The molecule has 1 aromatic rings. The van der Waals surface area contributed by atoms with Crippen LogP contribution in [0.25, 0.3) is 0 Å². The second-order valence-electron chi connectivity index (χ2n) is 4.02. The highest BCUT2D eigenvalue weighted by atomic mass is 79.9. The number of pyridine rings is 1. The van der Waals surface area contributed by atoms with Gasteiger partial charge in [0, 0.05) is 4.47 Å². The molecule has 1 unspecified atom stereocenters. The second kappa shape index (κ2) is 5.28. The van der Waals surface area contributed by atoms with E-state index in [4.69, 9.17) is 5.26 Å². The van der Waals surface area contributed by atoms with Gasteiger partial charge in [0.2, 0.25) is 5.91 Å². The summed E-state index contributed by atoms with van der Waals surface area (Å²) in [7, 11) is 0. The van der Waals surface area contributed by atoms with Crippen molar-refractivity contribution in [3.8, 4) is 6.07 Å². The molecule has 0 bridgehead atoms. The van der Waals surface area contributed by atoms with Crippen molar-refractivity contribution in [1.29, 1.82) is 5.26 Å². The minimum absolute atomic E-state index is 0.322. The maximum absolute atomic E-state index is 11.9. The van der Waals surface area contributed by atoms with E-state index in [-0.39, 0.29) is 5.91 Å². The molecule has 0 aliphatic heterocycles. The van der Waals surface area contributed by atoms with E-state index in [1.807, 2.05) is 26.0 Å². The van der Waals surface area contributed by atoms with Crippen LogP contribution in [-0.4, -0.2) is 10.9 Å². The summed E-state index contributed by atoms with van der Waals surface area (Å²) in [6, 6.07) is 5.54. The lowest BCUT2D eigenvalue weighted by molar-refractivity contribution is -0.122. The lowest BCUT2D eigenvalue weighted by atomic mass is 9.88. The van der Waals surface area contributed by atoms with Gasteiger partial charge in [-0.15, -0.1) is 0 Å². The van der Waals surface area contributed by atoms with E-state index >= 15 is 0 Å². The van der Waals surface area contributed by atoms with Crippen molar-refractivity contribution >= 4 is 27.7 Å². The number of nitriles is 1. The first-order valence-corrected chi connectivity index (χ1v) is 6.08. The first-order valence-electron chi connectivity index (χ1n) is 5.29. The van der Waals surface area contributed by atoms with Gasteiger partial charge in [0.05, 0.1) is 11.8 Å². The normalized spacial score (nSPS) is 13.6. The molecule has 0 saturated carbocycles. The van der Waals surface area contributed by atoms with Crippen LogP contribution in [0.3, 0.4) is 0 Å². The molecular weight excluding hydrogens is 282 g/mol. The Bertz CT molecular complexity index is 481. The minimum Gasteiger partial charge on any atom is -0.309 e. The topological polar surface area (TPSA) is 65.8 Å². The number of carbonyl (C=O) groups is 1. The predicted octanol–water partition coefficient (Wildman–Crippen LogP) is 3.03. The molecule has 0 saturated heterocycles. The van der Waals surface area contributed by atoms with E-state index in [2.05, 4.69) is 26.2 Å². The summed E-state index contributed by atoms with van der Waals surface area (Å²) in [6.45, 7) is 5.26. The Balaban J connectivity index is 2.89. The van der Waals surface area contributed by atoms with Gasteiger partial charge in [0.15, 0.2) is 0 Å². The van der Waals surface area contributed by atoms with Crippen molar-refractivity contribution in [3.63, 3.8) is 0 Å². The van der Waals surface area contributed by atoms with Gasteiger partial charge in [-0.2, -0.15) is 5.26 Å². The van der Waals surface area contributed by atoms with E-state index in [1.54, 1.807) is 13.0 Å². The Morgan fingerprint density at radius 3 is 2.76 bits per heavy atom. The first kappa shape index (κ1) is 13.7. The van der Waals surface area contributed by atoms with Crippen LogP contribution in [0.5, 0.6) is 0 Å². The Hall–Kier alpha value is -1.41. The van der Waals surface area contributed by atoms with Crippen LogP contribution in [0.1, 0.15) is 26.0 Å². The number of aromatic nitrogens is 1. The molecule has 0 spiro atoms. The average molecular weight is 296 g/mol. The Morgan fingerprint density at radius 1 is 1.65 bits per heavy atom. The molecule has 0 aliphatic carbocycles. The third-order valence-corrected chi connectivity index (χ3v) is 3.56. The third-order valence-electron chi connectivity index (χ3n) is 2.72. The smallest absolute Gasteiger partial charge is 0.245 e. The number of halogens is 1. The van der Waals surface area contributed by atoms with Gasteiger partial charge in [0.25, 0.3) is 0 Å². The molecule has 1 heterocycles. The maximum atomic E-state index is 11.9. The fourth-order valence-corrected chi connectivity index (χ4v) is 1.38. The molecule has 1 atom stereocenters. The zero-order chi connectivity index (χ0) is 13.1. The number of hydrogen-bond acceptors (Lipinski definition) is 3. The molecule has 1 amide bonds. The Labute approximate surface area is 109 Å². The van der Waals surface area contributed by atoms with Gasteiger partial charge in [0.1, 0.15) is 11.2 Å². The lowest BCUT2D eigenvalue weighted by Gasteiger charge is -2.18. The number of aryl methyl sites for hydroxylation is 1. The number of nitrogens with zero attached hydrogens (tertiary/aromatic N) is 2. The van der Waals surface area contributed by atoms with Crippen LogP contribution in [0, 0.1) is 23.7 Å². The largest absolute Gasteiger partial charge is 0.309 e. The number of carbonyl (C=O) groups excluding carboxylic acids is 1. The van der Waals surface area contributed by atoms with Gasteiger partial charge < -0.3 is 5.32 Å². The number of rotatable bonds is 3. The molecule has 1 aromatic heterocycles. The van der Waals surface area contributed by atoms with E-state index in [1.165, 1.54) is 0 Å². The summed E-state index contributed by atoms with van der Waals surface area (Å²) in [5.74, 6) is 0.141. The summed E-state index contributed by atoms with van der Waals surface area (Å²) >= 11 is 3.33. The van der Waals surface area contributed by atoms with Crippen molar-refractivity contribution in [3.05, 3.63) is 22.3 Å². The average Bonchev–Trinajstić information content (AvgIpc) is 2.32. The highest BCUT2D eigenvalue weighted by molar-refractivity contribution is 9.10. The van der Waals surface area contributed by atoms with E-state index < -0.39 is 5.41 Å². The molecule has 0 fully saturated rings. The molecule has 17 heavy (non-hydrogen) atoms. The molecule has 0 aromatic carbocycles. The van der Waals surface area contributed by atoms with Gasteiger partial charge in [-0.1, -0.05) is 6.92 Å².